The van der Waals surface area contributed by atoms with Crippen molar-refractivity contribution < 1.29 is 19.1 Å². The highest BCUT2D eigenvalue weighted by molar-refractivity contribution is 7.10. The minimum absolute atomic E-state index is 0.334. The zero-order valence-electron chi connectivity index (χ0n) is 12.3. The molecule has 0 spiro atoms. The van der Waals surface area contributed by atoms with Crippen LogP contribution in [0.4, 0.5) is 4.79 Å². The van der Waals surface area contributed by atoms with Gasteiger partial charge in [0.1, 0.15) is 0 Å². The zero-order valence-corrected chi connectivity index (χ0v) is 13.1. The number of ether oxygens (including phenoxy) is 2. The van der Waals surface area contributed by atoms with Crippen LogP contribution in [-0.4, -0.2) is 43.3 Å². The van der Waals surface area contributed by atoms with Gasteiger partial charge in [0.05, 0.1) is 13.2 Å². The molecule has 1 aliphatic rings. The lowest BCUT2D eigenvalue weighted by Gasteiger charge is -2.20. The predicted molar refractivity (Wildman–Crippen MR) is 81.2 cm³/mol. The van der Waals surface area contributed by atoms with Gasteiger partial charge in [0.25, 0.3) is 0 Å². The average molecular weight is 309 g/mol. The van der Waals surface area contributed by atoms with Crippen LogP contribution >= 0.6 is 11.3 Å². The molecular formula is C15H19NO4S. The SMILES string of the molecule is CCOC(=O)/C=C1\CN(C(=O)OCC)CCc2sccc21. The molecule has 2 heterocycles. The highest BCUT2D eigenvalue weighted by Crippen LogP contribution is 2.29. The number of thiophene rings is 1. The van der Waals surface area contributed by atoms with E-state index in [0.717, 1.165) is 17.6 Å². The highest BCUT2D eigenvalue weighted by atomic mass is 32.1. The molecule has 5 nitrogen and oxygen atoms in total. The molecule has 1 aromatic heterocycles. The number of rotatable bonds is 3. The van der Waals surface area contributed by atoms with Crippen LogP contribution in [-0.2, 0) is 20.7 Å². The Balaban J connectivity index is 2.25. The van der Waals surface area contributed by atoms with Gasteiger partial charge in [-0.05, 0) is 36.4 Å². The molecule has 21 heavy (non-hydrogen) atoms. The maximum Gasteiger partial charge on any atom is 0.410 e. The summed E-state index contributed by atoms with van der Waals surface area (Å²) in [4.78, 5) is 26.5. The minimum Gasteiger partial charge on any atom is -0.463 e. The van der Waals surface area contributed by atoms with E-state index >= 15 is 0 Å². The lowest BCUT2D eigenvalue weighted by atomic mass is 10.1. The number of nitrogens with zero attached hydrogens (tertiary/aromatic N) is 1. The maximum atomic E-state index is 11.9. The van der Waals surface area contributed by atoms with E-state index in [9.17, 15) is 9.59 Å². The molecule has 1 aromatic rings. The fourth-order valence-electron chi connectivity index (χ4n) is 2.25. The monoisotopic (exact) mass is 309 g/mol. The summed E-state index contributed by atoms with van der Waals surface area (Å²) in [6.07, 6.45) is 1.90. The Morgan fingerprint density at radius 2 is 2.10 bits per heavy atom. The first-order chi connectivity index (χ1) is 10.2. The van der Waals surface area contributed by atoms with Crippen LogP contribution in [0, 0.1) is 0 Å². The van der Waals surface area contributed by atoms with Crippen molar-refractivity contribution >= 4 is 29.0 Å². The van der Waals surface area contributed by atoms with Crippen LogP contribution in [0.1, 0.15) is 24.3 Å². The Bertz CT molecular complexity index is 550. The van der Waals surface area contributed by atoms with Gasteiger partial charge >= 0.3 is 12.1 Å². The maximum absolute atomic E-state index is 11.9. The van der Waals surface area contributed by atoms with Crippen molar-refractivity contribution in [3.05, 3.63) is 28.0 Å². The summed E-state index contributed by atoms with van der Waals surface area (Å²) in [7, 11) is 0. The minimum atomic E-state index is -0.379. The molecule has 0 radical (unpaired) electrons. The van der Waals surface area contributed by atoms with Gasteiger partial charge in [-0.1, -0.05) is 0 Å². The summed E-state index contributed by atoms with van der Waals surface area (Å²) in [6.45, 7) is 5.18. The van der Waals surface area contributed by atoms with Gasteiger partial charge in [-0.25, -0.2) is 9.59 Å². The molecule has 0 aromatic carbocycles. The Labute approximate surface area is 128 Å². The van der Waals surface area contributed by atoms with Crippen molar-refractivity contribution in [1.29, 1.82) is 0 Å². The van der Waals surface area contributed by atoms with E-state index in [4.69, 9.17) is 9.47 Å². The second-order valence-electron chi connectivity index (χ2n) is 4.55. The normalized spacial score (nSPS) is 16.3. The molecule has 0 bridgehead atoms. The van der Waals surface area contributed by atoms with Gasteiger partial charge in [-0.3, -0.25) is 0 Å². The molecule has 0 saturated carbocycles. The van der Waals surface area contributed by atoms with E-state index in [1.165, 1.54) is 11.0 Å². The largest absolute Gasteiger partial charge is 0.463 e. The molecular weight excluding hydrogens is 290 g/mol. The molecule has 0 atom stereocenters. The zero-order chi connectivity index (χ0) is 15.2. The van der Waals surface area contributed by atoms with E-state index in [2.05, 4.69) is 0 Å². The second-order valence-corrected chi connectivity index (χ2v) is 5.55. The van der Waals surface area contributed by atoms with Crippen LogP contribution in [0.15, 0.2) is 17.5 Å². The average Bonchev–Trinajstić information content (AvgIpc) is 2.84. The fourth-order valence-corrected chi connectivity index (χ4v) is 3.15. The topological polar surface area (TPSA) is 55.8 Å². The first-order valence-electron chi connectivity index (χ1n) is 7.01. The van der Waals surface area contributed by atoms with Crippen LogP contribution in [0.3, 0.4) is 0 Å². The fraction of sp³-hybridized carbons (Fsp3) is 0.467. The van der Waals surface area contributed by atoms with Crippen LogP contribution in [0.5, 0.6) is 0 Å². The lowest BCUT2D eigenvalue weighted by molar-refractivity contribution is -0.137. The molecule has 0 unspecified atom stereocenters. The van der Waals surface area contributed by atoms with E-state index < -0.39 is 0 Å². The van der Waals surface area contributed by atoms with Gasteiger partial charge in [0.2, 0.25) is 0 Å². The molecule has 1 amide bonds. The summed E-state index contributed by atoms with van der Waals surface area (Å²) in [5, 5.41) is 2.00. The Morgan fingerprint density at radius 3 is 2.81 bits per heavy atom. The van der Waals surface area contributed by atoms with E-state index in [0.29, 0.717) is 26.3 Å². The summed E-state index contributed by atoms with van der Waals surface area (Å²) in [6, 6.07) is 1.99. The molecule has 0 N–H and O–H groups in total. The number of esters is 1. The number of hydrogen-bond donors (Lipinski definition) is 0. The van der Waals surface area contributed by atoms with Gasteiger partial charge < -0.3 is 14.4 Å². The summed E-state index contributed by atoms with van der Waals surface area (Å²) in [5.41, 5.74) is 1.83. The third kappa shape index (κ3) is 3.85. The Morgan fingerprint density at radius 1 is 1.33 bits per heavy atom. The van der Waals surface area contributed by atoms with Gasteiger partial charge in [0, 0.05) is 30.5 Å². The third-order valence-corrected chi connectivity index (χ3v) is 4.15. The standard InChI is InChI=1S/C15H19NO4S/c1-3-19-14(17)9-11-10-16(15(18)20-4-2)7-5-13-12(11)6-8-21-13/h6,8-9H,3-5,7,10H2,1-2H3/b11-9+. The molecule has 1 aliphatic heterocycles. The number of hydrogen-bond acceptors (Lipinski definition) is 5. The quantitative estimate of drug-likeness (QED) is 0.636. The second kappa shape index (κ2) is 7.26. The summed E-state index contributed by atoms with van der Waals surface area (Å²) in [5.74, 6) is -0.379. The third-order valence-electron chi connectivity index (χ3n) is 3.17. The van der Waals surface area contributed by atoms with Crippen molar-refractivity contribution in [3.63, 3.8) is 0 Å². The van der Waals surface area contributed by atoms with Gasteiger partial charge in [0.15, 0.2) is 0 Å². The molecule has 0 fully saturated rings. The molecule has 0 aliphatic carbocycles. The van der Waals surface area contributed by atoms with Gasteiger partial charge in [-0.15, -0.1) is 11.3 Å². The van der Waals surface area contributed by atoms with Crippen LogP contribution in [0.2, 0.25) is 0 Å². The highest BCUT2D eigenvalue weighted by Gasteiger charge is 2.24. The Hall–Kier alpha value is -1.82. The molecule has 6 heteroatoms. The smallest absolute Gasteiger partial charge is 0.410 e. The van der Waals surface area contributed by atoms with Crippen molar-refractivity contribution in [2.75, 3.05) is 26.3 Å². The molecule has 0 saturated heterocycles. The first-order valence-corrected chi connectivity index (χ1v) is 7.89. The first kappa shape index (κ1) is 15.6. The molecule has 2 rings (SSSR count). The lowest BCUT2D eigenvalue weighted by Crippen LogP contribution is -2.33. The predicted octanol–water partition coefficient (Wildman–Crippen LogP) is 2.71. The Kier molecular flexibility index (Phi) is 5.38. The molecule has 114 valence electrons. The van der Waals surface area contributed by atoms with Gasteiger partial charge in [-0.2, -0.15) is 0 Å². The van der Waals surface area contributed by atoms with Crippen molar-refractivity contribution in [1.82, 2.24) is 4.90 Å². The number of amides is 1. The number of carbonyl (C=O) groups excluding carboxylic acids is 2. The number of fused-ring (bicyclic) bond motifs is 1. The van der Waals surface area contributed by atoms with Crippen molar-refractivity contribution in [3.8, 4) is 0 Å². The number of carbonyl (C=O) groups is 2. The van der Waals surface area contributed by atoms with Crippen LogP contribution < -0.4 is 0 Å². The van der Waals surface area contributed by atoms with E-state index in [1.54, 1.807) is 30.1 Å². The summed E-state index contributed by atoms with van der Waals surface area (Å²) >= 11 is 1.64. The van der Waals surface area contributed by atoms with Crippen molar-refractivity contribution in [2.45, 2.75) is 20.3 Å². The van der Waals surface area contributed by atoms with E-state index in [-0.39, 0.29) is 12.1 Å². The van der Waals surface area contributed by atoms with E-state index in [1.807, 2.05) is 11.4 Å². The van der Waals surface area contributed by atoms with Crippen LogP contribution in [0.25, 0.3) is 5.57 Å². The van der Waals surface area contributed by atoms with Crippen molar-refractivity contribution in [2.24, 2.45) is 0 Å². The summed E-state index contributed by atoms with van der Waals surface area (Å²) < 4.78 is 10.0.